The number of rotatable bonds is 11. The van der Waals surface area contributed by atoms with Gasteiger partial charge in [-0.25, -0.2) is 0 Å². The number of unbranched alkanes of at least 4 members (excludes halogenated alkanes) is 6. The van der Waals surface area contributed by atoms with Gasteiger partial charge >= 0.3 is 0 Å². The molecule has 4 nitrogen and oxygen atoms in total. The minimum atomic E-state index is 0.0978. The maximum absolute atomic E-state index is 6.22. The predicted molar refractivity (Wildman–Crippen MR) is 85.6 cm³/mol. The summed E-state index contributed by atoms with van der Waals surface area (Å²) in [6.45, 7) is 5.13. The van der Waals surface area contributed by atoms with E-state index in [9.17, 15) is 0 Å². The van der Waals surface area contributed by atoms with Gasteiger partial charge in [-0.15, -0.1) is 0 Å². The van der Waals surface area contributed by atoms with Gasteiger partial charge in [-0.3, -0.25) is 16.0 Å². The van der Waals surface area contributed by atoms with Crippen LogP contribution in [-0.4, -0.2) is 9.78 Å². The Morgan fingerprint density at radius 1 is 1.20 bits per heavy atom. The molecule has 116 valence electrons. The molecule has 0 aromatic carbocycles. The summed E-state index contributed by atoms with van der Waals surface area (Å²) in [6, 6.07) is 0.0978. The maximum Gasteiger partial charge on any atom is 0.0834 e. The monoisotopic (exact) mass is 300 g/mol. The van der Waals surface area contributed by atoms with Gasteiger partial charge in [0, 0.05) is 6.54 Å². The van der Waals surface area contributed by atoms with Gasteiger partial charge in [0.1, 0.15) is 0 Å². The molecular formula is C15H29ClN4. The Balaban J connectivity index is 2.34. The average molecular weight is 301 g/mol. The lowest BCUT2D eigenvalue weighted by Crippen LogP contribution is -2.30. The van der Waals surface area contributed by atoms with Crippen LogP contribution in [0, 0.1) is 0 Å². The summed E-state index contributed by atoms with van der Waals surface area (Å²) in [5, 5.41) is 4.98. The molecule has 1 unspecified atom stereocenters. The van der Waals surface area contributed by atoms with E-state index in [4.69, 9.17) is 17.4 Å². The SMILES string of the molecule is CCCCCCCCCC(NN)c1c(Cl)cnn1CC. The first kappa shape index (κ1) is 17.5. The van der Waals surface area contributed by atoms with Gasteiger partial charge < -0.3 is 0 Å². The molecular weight excluding hydrogens is 272 g/mol. The van der Waals surface area contributed by atoms with Gasteiger partial charge in [-0.2, -0.15) is 5.10 Å². The van der Waals surface area contributed by atoms with Crippen molar-refractivity contribution in [1.29, 1.82) is 0 Å². The van der Waals surface area contributed by atoms with Crippen LogP contribution in [0.15, 0.2) is 6.20 Å². The van der Waals surface area contributed by atoms with E-state index >= 15 is 0 Å². The molecule has 0 saturated carbocycles. The number of hydrogen-bond acceptors (Lipinski definition) is 3. The van der Waals surface area contributed by atoms with E-state index in [1.54, 1.807) is 6.20 Å². The molecule has 0 aliphatic rings. The normalized spacial score (nSPS) is 12.8. The smallest absolute Gasteiger partial charge is 0.0834 e. The standard InChI is InChI=1S/C15H29ClN4/c1-3-5-6-7-8-9-10-11-14(19-17)15-13(16)12-18-20(15)4-2/h12,14,19H,3-11,17H2,1-2H3. The van der Waals surface area contributed by atoms with E-state index in [-0.39, 0.29) is 6.04 Å². The Morgan fingerprint density at radius 3 is 2.45 bits per heavy atom. The number of nitrogens with zero attached hydrogens (tertiary/aromatic N) is 2. The van der Waals surface area contributed by atoms with Gasteiger partial charge in [0.15, 0.2) is 0 Å². The highest BCUT2D eigenvalue weighted by Gasteiger charge is 2.18. The van der Waals surface area contributed by atoms with Crippen LogP contribution in [0.4, 0.5) is 0 Å². The third-order valence-electron chi connectivity index (χ3n) is 3.76. The molecule has 0 radical (unpaired) electrons. The summed E-state index contributed by atoms with van der Waals surface area (Å²) in [7, 11) is 0. The molecule has 0 aliphatic carbocycles. The molecule has 0 amide bonds. The lowest BCUT2D eigenvalue weighted by Gasteiger charge is -2.17. The number of nitrogens with two attached hydrogens (primary N) is 1. The fourth-order valence-corrected chi connectivity index (χ4v) is 2.85. The second-order valence-corrected chi connectivity index (χ2v) is 5.73. The number of nitrogens with one attached hydrogen (secondary N) is 1. The Labute approximate surface area is 128 Å². The quantitative estimate of drug-likeness (QED) is 0.366. The molecule has 1 atom stereocenters. The molecule has 1 aromatic heterocycles. The molecule has 0 aliphatic heterocycles. The zero-order valence-electron chi connectivity index (χ0n) is 12.9. The van der Waals surface area contributed by atoms with Crippen molar-refractivity contribution in [1.82, 2.24) is 15.2 Å². The average Bonchev–Trinajstić information content (AvgIpc) is 2.83. The molecule has 1 aromatic rings. The largest absolute Gasteiger partial charge is 0.271 e. The van der Waals surface area contributed by atoms with Crippen LogP contribution in [-0.2, 0) is 6.54 Å². The molecule has 0 spiro atoms. The Hall–Kier alpha value is -0.580. The van der Waals surface area contributed by atoms with Crippen LogP contribution in [0.25, 0.3) is 0 Å². The van der Waals surface area contributed by atoms with Gasteiger partial charge in [-0.1, -0.05) is 63.5 Å². The van der Waals surface area contributed by atoms with Crippen molar-refractivity contribution >= 4 is 11.6 Å². The van der Waals surface area contributed by atoms with Gasteiger partial charge in [0.25, 0.3) is 0 Å². The van der Waals surface area contributed by atoms with Gasteiger partial charge in [-0.05, 0) is 13.3 Å². The summed E-state index contributed by atoms with van der Waals surface area (Å²) in [6.07, 6.45) is 11.8. The second-order valence-electron chi connectivity index (χ2n) is 5.32. The molecule has 0 bridgehead atoms. The zero-order chi connectivity index (χ0) is 14.8. The summed E-state index contributed by atoms with van der Waals surface area (Å²) in [4.78, 5) is 0. The van der Waals surface area contributed by atoms with Crippen LogP contribution < -0.4 is 11.3 Å². The summed E-state index contributed by atoms with van der Waals surface area (Å²) < 4.78 is 1.92. The first-order chi connectivity index (χ1) is 9.74. The van der Waals surface area contributed by atoms with Crippen molar-refractivity contribution < 1.29 is 0 Å². The fourth-order valence-electron chi connectivity index (χ4n) is 2.57. The molecule has 1 rings (SSSR count). The number of hydrazine groups is 1. The highest BCUT2D eigenvalue weighted by Crippen LogP contribution is 2.26. The van der Waals surface area contributed by atoms with E-state index in [2.05, 4.69) is 24.4 Å². The Bertz CT molecular complexity index is 365. The number of aryl methyl sites for hydroxylation is 1. The summed E-state index contributed by atoms with van der Waals surface area (Å²) in [5.41, 5.74) is 3.90. The minimum absolute atomic E-state index is 0.0978. The molecule has 3 N–H and O–H groups in total. The topological polar surface area (TPSA) is 55.9 Å². The highest BCUT2D eigenvalue weighted by atomic mass is 35.5. The van der Waals surface area contributed by atoms with Crippen molar-refractivity contribution in [3.8, 4) is 0 Å². The third-order valence-corrected chi connectivity index (χ3v) is 4.05. The molecule has 0 saturated heterocycles. The van der Waals surface area contributed by atoms with Gasteiger partial charge in [0.2, 0.25) is 0 Å². The first-order valence-corrected chi connectivity index (χ1v) is 8.29. The first-order valence-electron chi connectivity index (χ1n) is 7.91. The highest BCUT2D eigenvalue weighted by molar-refractivity contribution is 6.31. The zero-order valence-corrected chi connectivity index (χ0v) is 13.6. The molecule has 0 fully saturated rings. The fraction of sp³-hybridized carbons (Fsp3) is 0.800. The van der Waals surface area contributed by atoms with Gasteiger partial charge in [0.05, 0.1) is 23.0 Å². The Kier molecular flexibility index (Phi) is 8.90. The molecule has 5 heteroatoms. The van der Waals surface area contributed by atoms with E-state index in [0.29, 0.717) is 5.02 Å². The van der Waals surface area contributed by atoms with E-state index in [0.717, 1.165) is 18.7 Å². The van der Waals surface area contributed by atoms with Crippen molar-refractivity contribution in [2.75, 3.05) is 0 Å². The van der Waals surface area contributed by atoms with Crippen molar-refractivity contribution in [2.45, 2.75) is 77.8 Å². The van der Waals surface area contributed by atoms with Crippen LogP contribution >= 0.6 is 11.6 Å². The molecule has 1 heterocycles. The Morgan fingerprint density at radius 2 is 1.85 bits per heavy atom. The third kappa shape index (κ3) is 5.43. The van der Waals surface area contributed by atoms with Crippen LogP contribution in [0.5, 0.6) is 0 Å². The van der Waals surface area contributed by atoms with Crippen molar-refractivity contribution in [3.63, 3.8) is 0 Å². The number of halogens is 1. The second kappa shape index (κ2) is 10.2. The predicted octanol–water partition coefficient (Wildman–Crippen LogP) is 4.20. The lowest BCUT2D eigenvalue weighted by molar-refractivity contribution is 0.442. The van der Waals surface area contributed by atoms with Crippen LogP contribution in [0.3, 0.4) is 0 Å². The van der Waals surface area contributed by atoms with Crippen LogP contribution in [0.1, 0.15) is 76.9 Å². The van der Waals surface area contributed by atoms with E-state index in [1.165, 1.54) is 44.9 Å². The molecule has 20 heavy (non-hydrogen) atoms. The van der Waals surface area contributed by atoms with E-state index in [1.807, 2.05) is 4.68 Å². The van der Waals surface area contributed by atoms with Crippen LogP contribution in [0.2, 0.25) is 5.02 Å². The van der Waals surface area contributed by atoms with Crippen molar-refractivity contribution in [3.05, 3.63) is 16.9 Å². The number of aromatic nitrogens is 2. The maximum atomic E-state index is 6.22. The lowest BCUT2D eigenvalue weighted by atomic mass is 10.0. The minimum Gasteiger partial charge on any atom is -0.271 e. The summed E-state index contributed by atoms with van der Waals surface area (Å²) >= 11 is 6.22. The number of hydrogen-bond donors (Lipinski definition) is 2. The summed E-state index contributed by atoms with van der Waals surface area (Å²) in [5.74, 6) is 5.69. The van der Waals surface area contributed by atoms with E-state index < -0.39 is 0 Å². The van der Waals surface area contributed by atoms with Crippen molar-refractivity contribution in [2.24, 2.45) is 5.84 Å².